The zero-order chi connectivity index (χ0) is 11.1. The quantitative estimate of drug-likeness (QED) is 0.599. The van der Waals surface area contributed by atoms with E-state index in [9.17, 15) is 9.59 Å². The third kappa shape index (κ3) is 3.31. The van der Waals surface area contributed by atoms with Gasteiger partial charge in [-0.2, -0.15) is 0 Å². The fourth-order valence-corrected chi connectivity index (χ4v) is 0.922. The lowest BCUT2D eigenvalue weighted by Gasteiger charge is -2.19. The Bertz CT molecular complexity index is 202. The van der Waals surface area contributed by atoms with Crippen molar-refractivity contribution >= 4 is 11.9 Å². The summed E-state index contributed by atoms with van der Waals surface area (Å²) in [6, 6.07) is 0. The Morgan fingerprint density at radius 1 is 1.21 bits per heavy atom. The normalized spacial score (nSPS) is 14.5. The molecule has 14 heavy (non-hydrogen) atoms. The van der Waals surface area contributed by atoms with Crippen molar-refractivity contribution in [2.24, 2.45) is 0 Å². The zero-order valence-corrected chi connectivity index (χ0v) is 8.35. The third-order valence-corrected chi connectivity index (χ3v) is 1.55. The molecule has 0 aromatic heterocycles. The van der Waals surface area contributed by atoms with Crippen molar-refractivity contribution in [3.63, 3.8) is 0 Å². The van der Waals surface area contributed by atoms with E-state index >= 15 is 0 Å². The molecule has 0 aliphatic rings. The molecule has 1 N–H and O–H groups in total. The standard InChI is InChI=1S/C8H14O6/c1-4-14-8(11)6(13-3)5(12-2)7(9)10/h5-6H,4H2,1-3H3,(H,9,10)/t5-,6+/m1/s1. The molecule has 0 saturated carbocycles. The largest absolute Gasteiger partial charge is 0.479 e. The van der Waals surface area contributed by atoms with Crippen molar-refractivity contribution in [1.82, 2.24) is 0 Å². The number of ether oxygens (including phenoxy) is 3. The molecular weight excluding hydrogens is 192 g/mol. The number of esters is 1. The average molecular weight is 206 g/mol. The number of methoxy groups -OCH3 is 2. The summed E-state index contributed by atoms with van der Waals surface area (Å²) in [4.78, 5) is 21.8. The molecule has 0 amide bonds. The van der Waals surface area contributed by atoms with Gasteiger partial charge >= 0.3 is 11.9 Å². The first kappa shape index (κ1) is 12.9. The first-order chi connectivity index (χ1) is 6.58. The molecule has 0 unspecified atom stereocenters. The smallest absolute Gasteiger partial charge is 0.338 e. The Hall–Kier alpha value is -1.14. The van der Waals surface area contributed by atoms with Crippen LogP contribution >= 0.6 is 0 Å². The summed E-state index contributed by atoms with van der Waals surface area (Å²) >= 11 is 0. The first-order valence-corrected chi connectivity index (χ1v) is 4.03. The maximum absolute atomic E-state index is 11.2. The van der Waals surface area contributed by atoms with Gasteiger partial charge < -0.3 is 19.3 Å². The van der Waals surface area contributed by atoms with Crippen LogP contribution in [0, 0.1) is 0 Å². The zero-order valence-electron chi connectivity index (χ0n) is 8.35. The molecule has 0 saturated heterocycles. The van der Waals surface area contributed by atoms with E-state index in [2.05, 4.69) is 9.47 Å². The molecule has 0 bridgehead atoms. The Morgan fingerprint density at radius 2 is 1.71 bits per heavy atom. The Balaban J connectivity index is 4.50. The van der Waals surface area contributed by atoms with Gasteiger partial charge in [0.2, 0.25) is 0 Å². The van der Waals surface area contributed by atoms with Gasteiger partial charge in [0.05, 0.1) is 6.61 Å². The van der Waals surface area contributed by atoms with Crippen LogP contribution in [-0.2, 0) is 23.8 Å². The predicted molar refractivity (Wildman–Crippen MR) is 45.9 cm³/mol. The maximum atomic E-state index is 11.2. The summed E-state index contributed by atoms with van der Waals surface area (Å²) in [5.74, 6) is -2.02. The number of carboxylic acid groups (broad SMARTS) is 1. The van der Waals surface area contributed by atoms with E-state index in [4.69, 9.17) is 9.84 Å². The van der Waals surface area contributed by atoms with E-state index in [1.165, 1.54) is 14.2 Å². The van der Waals surface area contributed by atoms with Crippen molar-refractivity contribution < 1.29 is 28.9 Å². The fraction of sp³-hybridized carbons (Fsp3) is 0.750. The minimum atomic E-state index is -1.35. The highest BCUT2D eigenvalue weighted by Crippen LogP contribution is 2.05. The van der Waals surface area contributed by atoms with Gasteiger partial charge in [-0.25, -0.2) is 9.59 Å². The lowest BCUT2D eigenvalue weighted by Crippen LogP contribution is -2.43. The topological polar surface area (TPSA) is 82.1 Å². The van der Waals surface area contributed by atoms with Gasteiger partial charge in [0.15, 0.2) is 12.2 Å². The average Bonchev–Trinajstić information content (AvgIpc) is 2.13. The number of hydrogen-bond donors (Lipinski definition) is 1. The monoisotopic (exact) mass is 206 g/mol. The molecule has 82 valence electrons. The molecule has 0 radical (unpaired) electrons. The van der Waals surface area contributed by atoms with Crippen LogP contribution in [0.4, 0.5) is 0 Å². The Morgan fingerprint density at radius 3 is 2.00 bits per heavy atom. The number of carboxylic acids is 1. The fourth-order valence-electron chi connectivity index (χ4n) is 0.922. The highest BCUT2D eigenvalue weighted by Gasteiger charge is 2.35. The molecular formula is C8H14O6. The molecule has 2 atom stereocenters. The molecule has 0 aromatic rings. The second-order valence-electron chi connectivity index (χ2n) is 2.40. The van der Waals surface area contributed by atoms with Gasteiger partial charge in [0.25, 0.3) is 0 Å². The van der Waals surface area contributed by atoms with Gasteiger partial charge in [0.1, 0.15) is 0 Å². The molecule has 0 spiro atoms. The van der Waals surface area contributed by atoms with Crippen LogP contribution in [0.15, 0.2) is 0 Å². The molecule has 0 fully saturated rings. The summed E-state index contributed by atoms with van der Waals surface area (Å²) in [5.41, 5.74) is 0. The van der Waals surface area contributed by atoms with Crippen LogP contribution in [0.25, 0.3) is 0 Å². The van der Waals surface area contributed by atoms with Crippen molar-refractivity contribution in [3.8, 4) is 0 Å². The molecule has 0 aliphatic carbocycles. The molecule has 0 aromatic carbocycles. The Labute approximate surface area is 81.8 Å². The van der Waals surface area contributed by atoms with Crippen LogP contribution < -0.4 is 0 Å². The highest BCUT2D eigenvalue weighted by molar-refractivity contribution is 5.84. The van der Waals surface area contributed by atoms with E-state index in [1.54, 1.807) is 6.92 Å². The maximum Gasteiger partial charge on any atom is 0.338 e. The van der Waals surface area contributed by atoms with Gasteiger partial charge in [0, 0.05) is 14.2 Å². The van der Waals surface area contributed by atoms with Crippen molar-refractivity contribution in [2.75, 3.05) is 20.8 Å². The van der Waals surface area contributed by atoms with E-state index < -0.39 is 24.1 Å². The van der Waals surface area contributed by atoms with Gasteiger partial charge in [-0.1, -0.05) is 0 Å². The summed E-state index contributed by atoms with van der Waals surface area (Å²) in [5, 5.41) is 8.68. The van der Waals surface area contributed by atoms with Crippen LogP contribution in [0.1, 0.15) is 6.92 Å². The number of carbonyl (C=O) groups excluding carboxylic acids is 1. The molecule has 6 nitrogen and oxygen atoms in total. The first-order valence-electron chi connectivity index (χ1n) is 4.03. The van der Waals surface area contributed by atoms with Crippen LogP contribution in [0.5, 0.6) is 0 Å². The van der Waals surface area contributed by atoms with E-state index in [0.717, 1.165) is 0 Å². The summed E-state index contributed by atoms with van der Waals surface area (Å²) in [6.45, 7) is 1.78. The second-order valence-corrected chi connectivity index (χ2v) is 2.40. The minimum absolute atomic E-state index is 0.161. The second kappa shape index (κ2) is 6.33. The van der Waals surface area contributed by atoms with Gasteiger partial charge in [-0.15, -0.1) is 0 Å². The van der Waals surface area contributed by atoms with E-state index in [1.807, 2.05) is 0 Å². The minimum Gasteiger partial charge on any atom is -0.479 e. The van der Waals surface area contributed by atoms with Crippen molar-refractivity contribution in [1.29, 1.82) is 0 Å². The number of rotatable bonds is 6. The summed E-state index contributed by atoms with van der Waals surface area (Å²) < 4.78 is 13.9. The number of hydrogen-bond acceptors (Lipinski definition) is 5. The van der Waals surface area contributed by atoms with E-state index in [0.29, 0.717) is 0 Å². The SMILES string of the molecule is CCOC(=O)[C@@H](OC)[C@@H](OC)C(=O)O. The summed E-state index contributed by atoms with van der Waals surface area (Å²) in [6.07, 6.45) is -2.59. The Kier molecular flexibility index (Phi) is 5.82. The van der Waals surface area contributed by atoms with Crippen molar-refractivity contribution in [3.05, 3.63) is 0 Å². The molecule has 6 heteroatoms. The molecule has 0 rings (SSSR count). The summed E-state index contributed by atoms with van der Waals surface area (Å²) in [7, 11) is 2.40. The lowest BCUT2D eigenvalue weighted by molar-refractivity contribution is -0.174. The van der Waals surface area contributed by atoms with Crippen LogP contribution in [0.2, 0.25) is 0 Å². The van der Waals surface area contributed by atoms with Crippen LogP contribution in [0.3, 0.4) is 0 Å². The number of aliphatic carboxylic acids is 1. The molecule has 0 heterocycles. The molecule has 0 aliphatic heterocycles. The van der Waals surface area contributed by atoms with Crippen molar-refractivity contribution in [2.45, 2.75) is 19.1 Å². The predicted octanol–water partition coefficient (Wildman–Crippen LogP) is -0.336. The third-order valence-electron chi connectivity index (χ3n) is 1.55. The van der Waals surface area contributed by atoms with Gasteiger partial charge in [-0.3, -0.25) is 0 Å². The lowest BCUT2D eigenvalue weighted by atomic mass is 10.2. The highest BCUT2D eigenvalue weighted by atomic mass is 16.6. The van der Waals surface area contributed by atoms with Gasteiger partial charge in [-0.05, 0) is 6.92 Å². The van der Waals surface area contributed by atoms with E-state index in [-0.39, 0.29) is 6.61 Å². The number of carbonyl (C=O) groups is 2. The van der Waals surface area contributed by atoms with Crippen LogP contribution in [-0.4, -0.2) is 50.1 Å².